The summed E-state index contributed by atoms with van der Waals surface area (Å²) in [5, 5.41) is 0. The van der Waals surface area contributed by atoms with E-state index < -0.39 is 0 Å². The monoisotopic (exact) mass is 191 g/mol. The van der Waals surface area contributed by atoms with Gasteiger partial charge in [-0.05, 0) is 42.9 Å². The van der Waals surface area contributed by atoms with Crippen molar-refractivity contribution < 1.29 is 4.74 Å². The van der Waals surface area contributed by atoms with Gasteiger partial charge in [0, 0.05) is 6.04 Å². The lowest BCUT2D eigenvalue weighted by atomic mass is 10.0. The highest BCUT2D eigenvalue weighted by atomic mass is 16.5. The van der Waals surface area contributed by atoms with Crippen molar-refractivity contribution in [1.29, 1.82) is 0 Å². The number of benzene rings is 1. The van der Waals surface area contributed by atoms with Crippen LogP contribution in [0.25, 0.3) is 0 Å². The normalized spacial score (nSPS) is 21.1. The van der Waals surface area contributed by atoms with Gasteiger partial charge in [-0.3, -0.25) is 0 Å². The fourth-order valence-electron chi connectivity index (χ4n) is 2.19. The number of fused-ring (bicyclic) bond motifs is 1. The largest absolute Gasteiger partial charge is 0.496 e. The van der Waals surface area contributed by atoms with Crippen LogP contribution in [-0.2, 0) is 12.8 Å². The number of rotatable bonds is 1. The topological polar surface area (TPSA) is 35.2 Å². The Balaban J connectivity index is 2.40. The Morgan fingerprint density at radius 1 is 1.43 bits per heavy atom. The smallest absolute Gasteiger partial charge is 0.122 e. The number of hydrogen-bond donors (Lipinski definition) is 1. The average Bonchev–Trinajstić information content (AvgIpc) is 2.38. The Labute approximate surface area is 85.1 Å². The first-order chi connectivity index (χ1) is 6.81. The molecular formula is C12H17NO. The zero-order valence-corrected chi connectivity index (χ0v) is 8.62. The van der Waals surface area contributed by atoms with E-state index in [-0.39, 0.29) is 0 Å². The minimum absolute atomic E-state index is 0.299. The summed E-state index contributed by atoms with van der Waals surface area (Å²) >= 11 is 0. The van der Waals surface area contributed by atoms with Crippen molar-refractivity contribution >= 4 is 0 Å². The van der Waals surface area contributed by atoms with Crippen LogP contribution in [0.4, 0.5) is 0 Å². The van der Waals surface area contributed by atoms with Gasteiger partial charge in [-0.2, -0.15) is 0 Å². The maximum atomic E-state index is 6.02. The van der Waals surface area contributed by atoms with Crippen molar-refractivity contribution in [2.75, 3.05) is 7.11 Å². The summed E-state index contributed by atoms with van der Waals surface area (Å²) in [7, 11) is 1.73. The lowest BCUT2D eigenvalue weighted by molar-refractivity contribution is 0.407. The van der Waals surface area contributed by atoms with Crippen molar-refractivity contribution in [3.05, 3.63) is 29.3 Å². The minimum Gasteiger partial charge on any atom is -0.496 e. The molecule has 14 heavy (non-hydrogen) atoms. The molecule has 1 atom stereocenters. The first-order valence-corrected chi connectivity index (χ1v) is 5.21. The molecule has 1 aliphatic rings. The molecule has 2 nitrogen and oxygen atoms in total. The van der Waals surface area contributed by atoms with Gasteiger partial charge in [0.25, 0.3) is 0 Å². The average molecular weight is 191 g/mol. The molecule has 0 spiro atoms. The SMILES string of the molecule is COc1cccc2c1C[C@@H](N)CCC2. The van der Waals surface area contributed by atoms with E-state index in [1.54, 1.807) is 7.11 Å². The quantitative estimate of drug-likeness (QED) is 0.688. The van der Waals surface area contributed by atoms with E-state index in [9.17, 15) is 0 Å². The number of aryl methyl sites for hydroxylation is 1. The molecule has 2 heteroatoms. The minimum atomic E-state index is 0.299. The van der Waals surface area contributed by atoms with E-state index in [0.29, 0.717) is 6.04 Å². The van der Waals surface area contributed by atoms with Crippen LogP contribution in [0.1, 0.15) is 24.0 Å². The predicted molar refractivity (Wildman–Crippen MR) is 57.6 cm³/mol. The molecule has 2 rings (SSSR count). The highest BCUT2D eigenvalue weighted by molar-refractivity contribution is 5.41. The summed E-state index contributed by atoms with van der Waals surface area (Å²) in [5.41, 5.74) is 8.75. The lowest BCUT2D eigenvalue weighted by Gasteiger charge is -2.12. The van der Waals surface area contributed by atoms with Gasteiger partial charge in [-0.1, -0.05) is 12.1 Å². The molecule has 0 radical (unpaired) electrons. The predicted octanol–water partition coefficient (Wildman–Crippen LogP) is 1.90. The molecule has 2 N–H and O–H groups in total. The number of hydrogen-bond acceptors (Lipinski definition) is 2. The van der Waals surface area contributed by atoms with Gasteiger partial charge in [-0.15, -0.1) is 0 Å². The summed E-state index contributed by atoms with van der Waals surface area (Å²) < 4.78 is 5.36. The number of methoxy groups -OCH3 is 1. The van der Waals surface area contributed by atoms with Gasteiger partial charge < -0.3 is 10.5 Å². The molecule has 0 fully saturated rings. The Kier molecular flexibility index (Phi) is 2.73. The van der Waals surface area contributed by atoms with Gasteiger partial charge in [0.15, 0.2) is 0 Å². The molecule has 0 saturated heterocycles. The molecular weight excluding hydrogens is 174 g/mol. The molecule has 76 valence electrons. The van der Waals surface area contributed by atoms with Crippen molar-refractivity contribution in [3.63, 3.8) is 0 Å². The highest BCUT2D eigenvalue weighted by Crippen LogP contribution is 2.28. The lowest BCUT2D eigenvalue weighted by Crippen LogP contribution is -2.21. The van der Waals surface area contributed by atoms with E-state index in [4.69, 9.17) is 10.5 Å². The summed E-state index contributed by atoms with van der Waals surface area (Å²) in [4.78, 5) is 0. The number of ether oxygens (including phenoxy) is 1. The molecule has 0 bridgehead atoms. The molecule has 0 aliphatic heterocycles. The second-order valence-corrected chi connectivity index (χ2v) is 3.95. The van der Waals surface area contributed by atoms with Crippen LogP contribution in [-0.4, -0.2) is 13.2 Å². The standard InChI is InChI=1S/C12H17NO/c1-14-12-7-3-5-9-4-2-6-10(13)8-11(9)12/h3,5,7,10H,2,4,6,8,13H2,1H3/t10-/m0/s1. The zero-order valence-electron chi connectivity index (χ0n) is 8.62. The van der Waals surface area contributed by atoms with Crippen LogP contribution in [0.5, 0.6) is 5.75 Å². The molecule has 1 aromatic carbocycles. The molecule has 0 unspecified atom stereocenters. The summed E-state index contributed by atoms with van der Waals surface area (Å²) in [6, 6.07) is 6.58. The third-order valence-corrected chi connectivity index (χ3v) is 2.94. The Bertz CT molecular complexity index is 322. The van der Waals surface area contributed by atoms with Crippen LogP contribution in [0.15, 0.2) is 18.2 Å². The third-order valence-electron chi connectivity index (χ3n) is 2.94. The van der Waals surface area contributed by atoms with Crippen LogP contribution in [0.3, 0.4) is 0 Å². The van der Waals surface area contributed by atoms with Crippen LogP contribution in [0, 0.1) is 0 Å². The Morgan fingerprint density at radius 2 is 2.29 bits per heavy atom. The fourth-order valence-corrected chi connectivity index (χ4v) is 2.19. The highest BCUT2D eigenvalue weighted by Gasteiger charge is 2.16. The molecule has 1 aromatic rings. The van der Waals surface area contributed by atoms with Gasteiger partial charge in [0.1, 0.15) is 5.75 Å². The van der Waals surface area contributed by atoms with E-state index in [2.05, 4.69) is 12.1 Å². The molecule has 1 aliphatic carbocycles. The zero-order chi connectivity index (χ0) is 9.97. The van der Waals surface area contributed by atoms with Gasteiger partial charge in [0.05, 0.1) is 7.11 Å². The van der Waals surface area contributed by atoms with Crippen molar-refractivity contribution in [2.24, 2.45) is 5.73 Å². The van der Waals surface area contributed by atoms with E-state index in [0.717, 1.165) is 25.0 Å². The van der Waals surface area contributed by atoms with Gasteiger partial charge >= 0.3 is 0 Å². The van der Waals surface area contributed by atoms with E-state index in [1.165, 1.54) is 17.5 Å². The molecule has 0 amide bonds. The van der Waals surface area contributed by atoms with E-state index in [1.807, 2.05) is 6.07 Å². The number of nitrogens with two attached hydrogens (primary N) is 1. The van der Waals surface area contributed by atoms with E-state index >= 15 is 0 Å². The summed E-state index contributed by atoms with van der Waals surface area (Å²) in [6.45, 7) is 0. The second-order valence-electron chi connectivity index (χ2n) is 3.95. The summed E-state index contributed by atoms with van der Waals surface area (Å²) in [6.07, 6.45) is 4.42. The van der Waals surface area contributed by atoms with Gasteiger partial charge in [0.2, 0.25) is 0 Å². The van der Waals surface area contributed by atoms with Gasteiger partial charge in [-0.25, -0.2) is 0 Å². The maximum absolute atomic E-state index is 6.02. The van der Waals surface area contributed by atoms with Crippen LogP contribution < -0.4 is 10.5 Å². The first-order valence-electron chi connectivity index (χ1n) is 5.21. The second kappa shape index (κ2) is 4.01. The van der Waals surface area contributed by atoms with Crippen molar-refractivity contribution in [3.8, 4) is 5.75 Å². The summed E-state index contributed by atoms with van der Waals surface area (Å²) in [5.74, 6) is 1.000. The Morgan fingerprint density at radius 3 is 3.07 bits per heavy atom. The van der Waals surface area contributed by atoms with Crippen LogP contribution in [0.2, 0.25) is 0 Å². The van der Waals surface area contributed by atoms with Crippen LogP contribution >= 0.6 is 0 Å². The molecule has 0 heterocycles. The van der Waals surface area contributed by atoms with Crippen molar-refractivity contribution in [1.82, 2.24) is 0 Å². The molecule has 0 aromatic heterocycles. The molecule has 0 saturated carbocycles. The fraction of sp³-hybridized carbons (Fsp3) is 0.500. The maximum Gasteiger partial charge on any atom is 0.122 e. The first kappa shape index (κ1) is 9.53. The third kappa shape index (κ3) is 1.75. The Hall–Kier alpha value is -1.02. The van der Waals surface area contributed by atoms with Crippen molar-refractivity contribution in [2.45, 2.75) is 31.7 Å².